The number of carbonyl (C=O) groups is 1. The van der Waals surface area contributed by atoms with Gasteiger partial charge in [-0.25, -0.2) is 0 Å². The van der Waals surface area contributed by atoms with Gasteiger partial charge in [-0.3, -0.25) is 4.79 Å². The minimum absolute atomic E-state index is 0.0267. The number of rotatable bonds is 5. The maximum absolute atomic E-state index is 14.0. The summed E-state index contributed by atoms with van der Waals surface area (Å²) in [5, 5.41) is 13.8. The number of hydrogen-bond donors (Lipinski definition) is 2. The highest BCUT2D eigenvalue weighted by Gasteiger charge is 2.63. The molecule has 0 spiro atoms. The van der Waals surface area contributed by atoms with Gasteiger partial charge in [0.2, 0.25) is 5.91 Å². The average molecular weight is 510 g/mol. The Kier molecular flexibility index (Phi) is 5.03. The first-order valence-electron chi connectivity index (χ1n) is 10.2. The zero-order chi connectivity index (χ0) is 20.7. The fourth-order valence-corrected chi connectivity index (χ4v) is 5.99. The van der Waals surface area contributed by atoms with E-state index in [0.717, 1.165) is 25.9 Å². The lowest BCUT2D eigenvalue weighted by molar-refractivity contribution is -0.130. The molecule has 1 fully saturated rings. The van der Waals surface area contributed by atoms with Gasteiger partial charge in [-0.1, -0.05) is 66.7 Å². The van der Waals surface area contributed by atoms with E-state index in [2.05, 4.69) is 64.3 Å². The minimum atomic E-state index is -0.515. The number of aliphatic hydroxyl groups is 1. The second-order valence-corrected chi connectivity index (χ2v) is 9.17. The molecule has 0 radical (unpaired) electrons. The third-order valence-corrected chi connectivity index (χ3v) is 7.49. The van der Waals surface area contributed by atoms with Crippen molar-refractivity contribution in [3.8, 4) is 0 Å². The number of para-hydroxylation sites is 1. The fourth-order valence-electron chi connectivity index (χ4n) is 5.29. The van der Waals surface area contributed by atoms with Crippen LogP contribution in [0.1, 0.15) is 29.0 Å². The second kappa shape index (κ2) is 7.71. The molecule has 5 rings (SSSR count). The first-order chi connectivity index (χ1) is 14.7. The van der Waals surface area contributed by atoms with Crippen molar-refractivity contribution in [2.75, 3.05) is 11.9 Å². The van der Waals surface area contributed by atoms with Crippen LogP contribution in [0.3, 0.4) is 0 Å². The van der Waals surface area contributed by atoms with Crippen molar-refractivity contribution in [1.29, 1.82) is 0 Å². The zero-order valence-corrected chi connectivity index (χ0v) is 18.6. The summed E-state index contributed by atoms with van der Waals surface area (Å²) < 4.78 is 1.08. The lowest BCUT2D eigenvalue weighted by atomic mass is 9.67. The Hall–Kier alpha value is -2.38. The predicted molar refractivity (Wildman–Crippen MR) is 126 cm³/mol. The van der Waals surface area contributed by atoms with Crippen molar-refractivity contribution in [2.45, 2.75) is 30.5 Å². The van der Waals surface area contributed by atoms with Gasteiger partial charge < -0.3 is 15.3 Å². The topological polar surface area (TPSA) is 52.6 Å². The number of aliphatic hydroxyl groups excluding tert-OH is 1. The maximum atomic E-state index is 14.0. The molecule has 0 unspecified atom stereocenters. The van der Waals surface area contributed by atoms with Crippen LogP contribution in [-0.4, -0.2) is 28.7 Å². The van der Waals surface area contributed by atoms with Crippen LogP contribution >= 0.6 is 22.6 Å². The van der Waals surface area contributed by atoms with Gasteiger partial charge in [0.1, 0.15) is 6.17 Å². The molecule has 4 nitrogen and oxygen atoms in total. The summed E-state index contributed by atoms with van der Waals surface area (Å²) in [4.78, 5) is 15.9. The first kappa shape index (κ1) is 19.6. The number of carbonyl (C=O) groups excluding carboxylic acids is 1. The molecule has 1 saturated heterocycles. The number of anilines is 1. The minimum Gasteiger partial charge on any atom is -0.396 e. The lowest BCUT2D eigenvalue weighted by Crippen LogP contribution is -2.45. The van der Waals surface area contributed by atoms with Gasteiger partial charge in [0.05, 0.1) is 11.3 Å². The van der Waals surface area contributed by atoms with Gasteiger partial charge in [-0.05, 0) is 57.8 Å². The number of benzene rings is 3. The van der Waals surface area contributed by atoms with Gasteiger partial charge in [0, 0.05) is 22.4 Å². The van der Waals surface area contributed by atoms with Crippen LogP contribution in [0.2, 0.25) is 0 Å². The number of halogens is 1. The molecule has 3 aromatic carbocycles. The van der Waals surface area contributed by atoms with E-state index in [1.54, 1.807) is 0 Å². The third kappa shape index (κ3) is 2.87. The van der Waals surface area contributed by atoms with Crippen molar-refractivity contribution in [3.05, 3.63) is 99.1 Å². The van der Waals surface area contributed by atoms with Gasteiger partial charge in [0.15, 0.2) is 0 Å². The van der Waals surface area contributed by atoms with Crippen molar-refractivity contribution in [3.63, 3.8) is 0 Å². The van der Waals surface area contributed by atoms with Crippen molar-refractivity contribution < 1.29 is 9.90 Å². The van der Waals surface area contributed by atoms with Crippen LogP contribution in [0.4, 0.5) is 5.69 Å². The number of likely N-dealkylation sites (tertiary alicyclic amines) is 1. The molecule has 2 aliphatic heterocycles. The molecule has 2 N–H and O–H groups in total. The molecule has 5 heteroatoms. The molecule has 152 valence electrons. The lowest BCUT2D eigenvalue weighted by Gasteiger charge is -2.35. The van der Waals surface area contributed by atoms with E-state index in [1.165, 1.54) is 0 Å². The highest BCUT2D eigenvalue weighted by atomic mass is 127. The smallest absolute Gasteiger partial charge is 0.233 e. The van der Waals surface area contributed by atoms with E-state index in [1.807, 2.05) is 47.4 Å². The number of hydrogen-bond acceptors (Lipinski definition) is 3. The van der Waals surface area contributed by atoms with Crippen molar-refractivity contribution >= 4 is 34.2 Å². The fraction of sp³-hybridized carbons (Fsp3) is 0.240. The Morgan fingerprint density at radius 1 is 0.967 bits per heavy atom. The van der Waals surface area contributed by atoms with E-state index in [-0.39, 0.29) is 24.6 Å². The Balaban J connectivity index is 1.70. The maximum Gasteiger partial charge on any atom is 0.233 e. The molecular formula is C25H23IN2O2. The molecule has 0 saturated carbocycles. The van der Waals surface area contributed by atoms with E-state index in [0.29, 0.717) is 13.0 Å². The summed E-state index contributed by atoms with van der Waals surface area (Å²) in [6, 6.07) is 26.5. The summed E-state index contributed by atoms with van der Waals surface area (Å²) in [7, 11) is 0. The van der Waals surface area contributed by atoms with E-state index < -0.39 is 5.41 Å². The summed E-state index contributed by atoms with van der Waals surface area (Å²) in [5.41, 5.74) is 3.80. The Morgan fingerprint density at radius 3 is 2.43 bits per heavy atom. The first-order valence-corrected chi connectivity index (χ1v) is 11.3. The van der Waals surface area contributed by atoms with Crippen LogP contribution in [0.15, 0.2) is 78.9 Å². The molecular weight excluding hydrogens is 487 g/mol. The van der Waals surface area contributed by atoms with E-state index in [9.17, 15) is 9.90 Å². The van der Waals surface area contributed by atoms with Crippen molar-refractivity contribution in [1.82, 2.24) is 4.90 Å². The zero-order valence-electron chi connectivity index (χ0n) is 16.5. The standard InChI is InChI=1S/C25H23IN2O2/c26-20-12-6-4-10-18(20)22-23(30)28(16-17-8-2-1-3-9-17)24-25(22,14-15-29)19-11-5-7-13-21(19)27-24/h1-13,22,24,27,29H,14-16H2/t22-,24-,25+/m1/s1. The van der Waals surface area contributed by atoms with Gasteiger partial charge in [0.25, 0.3) is 0 Å². The summed E-state index contributed by atoms with van der Waals surface area (Å²) in [6.45, 7) is 0.567. The number of amides is 1. The molecule has 2 heterocycles. The Labute approximate surface area is 190 Å². The molecule has 1 amide bonds. The Bertz CT molecular complexity index is 1090. The molecule has 0 aliphatic carbocycles. The molecule has 30 heavy (non-hydrogen) atoms. The monoisotopic (exact) mass is 510 g/mol. The summed E-state index contributed by atoms with van der Waals surface area (Å²) >= 11 is 2.33. The average Bonchev–Trinajstić information content (AvgIpc) is 3.19. The number of nitrogens with zero attached hydrogens (tertiary/aromatic N) is 1. The van der Waals surface area contributed by atoms with Crippen LogP contribution in [-0.2, 0) is 16.8 Å². The largest absolute Gasteiger partial charge is 0.396 e. The van der Waals surface area contributed by atoms with Crippen molar-refractivity contribution in [2.24, 2.45) is 0 Å². The van der Waals surface area contributed by atoms with Crippen LogP contribution in [0.5, 0.6) is 0 Å². The number of nitrogens with one attached hydrogen (secondary N) is 1. The SMILES string of the molecule is O=C1[C@@H](c2ccccc2I)[C@]2(CCO)c3ccccc3N[C@@H]2N1Cc1ccccc1. The summed E-state index contributed by atoms with van der Waals surface area (Å²) in [6.07, 6.45) is 0.324. The summed E-state index contributed by atoms with van der Waals surface area (Å²) in [5.74, 6) is -0.231. The van der Waals surface area contributed by atoms with Gasteiger partial charge >= 0.3 is 0 Å². The van der Waals surface area contributed by atoms with Crippen LogP contribution in [0.25, 0.3) is 0 Å². The predicted octanol–water partition coefficient (Wildman–Crippen LogP) is 4.49. The van der Waals surface area contributed by atoms with E-state index >= 15 is 0 Å². The van der Waals surface area contributed by atoms with Gasteiger partial charge in [-0.2, -0.15) is 0 Å². The highest BCUT2D eigenvalue weighted by molar-refractivity contribution is 14.1. The molecule has 0 aromatic heterocycles. The highest BCUT2D eigenvalue weighted by Crippen LogP contribution is 2.58. The Morgan fingerprint density at radius 2 is 1.67 bits per heavy atom. The van der Waals surface area contributed by atoms with E-state index in [4.69, 9.17) is 0 Å². The molecule has 0 bridgehead atoms. The molecule has 3 atom stereocenters. The third-order valence-electron chi connectivity index (χ3n) is 6.50. The quantitative estimate of drug-likeness (QED) is 0.498. The van der Waals surface area contributed by atoms with Crippen LogP contribution < -0.4 is 5.32 Å². The normalized spacial score (nSPS) is 24.5. The second-order valence-electron chi connectivity index (χ2n) is 8.01. The molecule has 3 aromatic rings. The van der Waals surface area contributed by atoms with Crippen LogP contribution in [0, 0.1) is 3.57 Å². The molecule has 2 aliphatic rings. The number of fused-ring (bicyclic) bond motifs is 3. The van der Waals surface area contributed by atoms with Gasteiger partial charge in [-0.15, -0.1) is 0 Å².